The minimum atomic E-state index is -0.507. The SMILES string of the molecule is CCOc1ccc(NC(=O)COC(=O)c2sccc2-c2ccc(C)cc2)cc1. The Kier molecular flexibility index (Phi) is 6.45. The molecule has 28 heavy (non-hydrogen) atoms. The van der Waals surface area contributed by atoms with Gasteiger partial charge in [0.15, 0.2) is 6.61 Å². The zero-order chi connectivity index (χ0) is 19.9. The summed E-state index contributed by atoms with van der Waals surface area (Å²) in [6, 6.07) is 16.8. The van der Waals surface area contributed by atoms with Gasteiger partial charge in [0.2, 0.25) is 0 Å². The van der Waals surface area contributed by atoms with Gasteiger partial charge in [-0.1, -0.05) is 29.8 Å². The van der Waals surface area contributed by atoms with Crippen LogP contribution in [0.1, 0.15) is 22.2 Å². The maximum atomic E-state index is 12.4. The standard InChI is InChI=1S/C22H21NO4S/c1-3-26-18-10-8-17(9-11-18)23-20(24)14-27-22(25)21-19(12-13-28-21)16-6-4-15(2)5-7-16/h4-13H,3,14H2,1-2H3,(H,23,24). The Balaban J connectivity index is 1.58. The second-order valence-electron chi connectivity index (χ2n) is 6.11. The van der Waals surface area contributed by atoms with E-state index in [2.05, 4.69) is 5.32 Å². The molecule has 0 aliphatic rings. The first kappa shape index (κ1) is 19.6. The zero-order valence-electron chi connectivity index (χ0n) is 15.7. The van der Waals surface area contributed by atoms with Crippen molar-refractivity contribution in [3.05, 3.63) is 70.4 Å². The van der Waals surface area contributed by atoms with Gasteiger partial charge < -0.3 is 14.8 Å². The molecule has 1 amide bonds. The van der Waals surface area contributed by atoms with E-state index in [1.165, 1.54) is 11.3 Å². The number of nitrogens with one attached hydrogen (secondary N) is 1. The lowest BCUT2D eigenvalue weighted by Gasteiger charge is -2.08. The number of hydrogen-bond acceptors (Lipinski definition) is 5. The van der Waals surface area contributed by atoms with Crippen molar-refractivity contribution in [1.29, 1.82) is 0 Å². The molecule has 2 aromatic carbocycles. The molecule has 1 N–H and O–H groups in total. The first-order valence-corrected chi connectivity index (χ1v) is 9.79. The number of ether oxygens (including phenoxy) is 2. The maximum Gasteiger partial charge on any atom is 0.349 e. The summed E-state index contributed by atoms with van der Waals surface area (Å²) in [6.45, 7) is 4.14. The molecule has 0 aliphatic carbocycles. The van der Waals surface area contributed by atoms with Crippen molar-refractivity contribution >= 4 is 28.9 Å². The normalized spacial score (nSPS) is 10.4. The highest BCUT2D eigenvalue weighted by atomic mass is 32.1. The summed E-state index contributed by atoms with van der Waals surface area (Å²) in [5.41, 5.74) is 3.51. The van der Waals surface area contributed by atoms with Crippen LogP contribution >= 0.6 is 11.3 Å². The average molecular weight is 395 g/mol. The van der Waals surface area contributed by atoms with Crippen molar-refractivity contribution in [2.24, 2.45) is 0 Å². The minimum absolute atomic E-state index is 0.350. The average Bonchev–Trinajstić information content (AvgIpc) is 3.18. The summed E-state index contributed by atoms with van der Waals surface area (Å²) >= 11 is 1.30. The van der Waals surface area contributed by atoms with Crippen molar-refractivity contribution in [2.45, 2.75) is 13.8 Å². The lowest BCUT2D eigenvalue weighted by atomic mass is 10.1. The fraction of sp³-hybridized carbons (Fsp3) is 0.182. The first-order valence-electron chi connectivity index (χ1n) is 8.91. The summed E-state index contributed by atoms with van der Waals surface area (Å²) < 4.78 is 10.6. The highest BCUT2D eigenvalue weighted by Crippen LogP contribution is 2.29. The van der Waals surface area contributed by atoms with Crippen LogP contribution in [0.5, 0.6) is 5.75 Å². The lowest BCUT2D eigenvalue weighted by molar-refractivity contribution is -0.119. The van der Waals surface area contributed by atoms with Gasteiger partial charge >= 0.3 is 5.97 Å². The Morgan fingerprint density at radius 1 is 1.00 bits per heavy atom. The van der Waals surface area contributed by atoms with E-state index in [1.807, 2.05) is 49.6 Å². The number of amides is 1. The Labute approximate surface area is 167 Å². The summed E-state index contributed by atoms with van der Waals surface area (Å²) in [5.74, 6) is -0.174. The number of aryl methyl sites for hydroxylation is 1. The molecule has 3 aromatic rings. The third-order valence-corrected chi connectivity index (χ3v) is 4.89. The molecule has 3 rings (SSSR count). The van der Waals surface area contributed by atoms with Crippen LogP contribution in [0.2, 0.25) is 0 Å². The molecule has 0 aliphatic heterocycles. The Bertz CT molecular complexity index is 945. The molecule has 0 atom stereocenters. The fourth-order valence-corrected chi connectivity index (χ4v) is 3.43. The van der Waals surface area contributed by atoms with Gasteiger partial charge in [-0.3, -0.25) is 4.79 Å². The van der Waals surface area contributed by atoms with Gasteiger partial charge in [-0.15, -0.1) is 11.3 Å². The van der Waals surface area contributed by atoms with Crippen molar-refractivity contribution < 1.29 is 19.1 Å². The van der Waals surface area contributed by atoms with Gasteiger partial charge in [-0.05, 0) is 55.1 Å². The van der Waals surface area contributed by atoms with Gasteiger partial charge in [0.25, 0.3) is 5.91 Å². The molecule has 0 spiro atoms. The van der Waals surface area contributed by atoms with E-state index in [0.717, 1.165) is 22.4 Å². The van der Waals surface area contributed by atoms with Gasteiger partial charge in [-0.25, -0.2) is 4.79 Å². The quantitative estimate of drug-likeness (QED) is 0.577. The van der Waals surface area contributed by atoms with Gasteiger partial charge in [0.05, 0.1) is 6.61 Å². The molecule has 0 radical (unpaired) electrons. The van der Waals surface area contributed by atoms with Gasteiger partial charge in [0.1, 0.15) is 10.6 Å². The largest absolute Gasteiger partial charge is 0.494 e. The van der Waals surface area contributed by atoms with Crippen LogP contribution in [-0.4, -0.2) is 25.1 Å². The molecule has 0 bridgehead atoms. The summed E-state index contributed by atoms with van der Waals surface area (Å²) in [5, 5.41) is 4.54. The fourth-order valence-electron chi connectivity index (χ4n) is 2.62. The van der Waals surface area contributed by atoms with Crippen LogP contribution in [0.3, 0.4) is 0 Å². The first-order chi connectivity index (χ1) is 13.6. The zero-order valence-corrected chi connectivity index (χ0v) is 16.5. The highest BCUT2D eigenvalue weighted by molar-refractivity contribution is 7.12. The number of carbonyl (C=O) groups is 2. The molecule has 144 valence electrons. The molecular formula is C22H21NO4S. The number of benzene rings is 2. The molecule has 6 heteroatoms. The minimum Gasteiger partial charge on any atom is -0.494 e. The van der Waals surface area contributed by atoms with Crippen molar-refractivity contribution in [1.82, 2.24) is 0 Å². The van der Waals surface area contributed by atoms with E-state index in [9.17, 15) is 9.59 Å². The number of rotatable bonds is 7. The molecule has 1 aromatic heterocycles. The maximum absolute atomic E-state index is 12.4. The van der Waals surface area contributed by atoms with Crippen molar-refractivity contribution in [2.75, 3.05) is 18.5 Å². The number of carbonyl (C=O) groups excluding carboxylic acids is 2. The van der Waals surface area contributed by atoms with Gasteiger partial charge in [0, 0.05) is 11.3 Å². The van der Waals surface area contributed by atoms with Crippen LogP contribution < -0.4 is 10.1 Å². The van der Waals surface area contributed by atoms with Crippen molar-refractivity contribution in [3.8, 4) is 16.9 Å². The Morgan fingerprint density at radius 3 is 2.39 bits per heavy atom. The van der Waals surface area contributed by atoms with E-state index >= 15 is 0 Å². The monoisotopic (exact) mass is 395 g/mol. The van der Waals surface area contributed by atoms with Crippen LogP contribution in [0.15, 0.2) is 60.0 Å². The highest BCUT2D eigenvalue weighted by Gasteiger charge is 2.17. The second kappa shape index (κ2) is 9.19. The molecular weight excluding hydrogens is 374 g/mol. The number of hydrogen-bond donors (Lipinski definition) is 1. The predicted molar refractivity (Wildman–Crippen MR) is 111 cm³/mol. The topological polar surface area (TPSA) is 64.6 Å². The van der Waals surface area contributed by atoms with Crippen LogP contribution in [0, 0.1) is 6.92 Å². The van der Waals surface area contributed by atoms with E-state index in [1.54, 1.807) is 24.3 Å². The summed E-state index contributed by atoms with van der Waals surface area (Å²) in [7, 11) is 0. The molecule has 5 nitrogen and oxygen atoms in total. The predicted octanol–water partition coefficient (Wildman–Crippen LogP) is 4.92. The summed E-state index contributed by atoms with van der Waals surface area (Å²) in [6.07, 6.45) is 0. The lowest BCUT2D eigenvalue weighted by Crippen LogP contribution is -2.20. The third-order valence-electron chi connectivity index (χ3n) is 4.00. The smallest absolute Gasteiger partial charge is 0.349 e. The van der Waals surface area contributed by atoms with E-state index in [0.29, 0.717) is 17.2 Å². The number of anilines is 1. The molecule has 0 saturated carbocycles. The van der Waals surface area contributed by atoms with E-state index in [-0.39, 0.29) is 6.61 Å². The van der Waals surface area contributed by atoms with E-state index in [4.69, 9.17) is 9.47 Å². The van der Waals surface area contributed by atoms with Crippen LogP contribution in [0.25, 0.3) is 11.1 Å². The Morgan fingerprint density at radius 2 is 1.71 bits per heavy atom. The third kappa shape index (κ3) is 4.98. The molecule has 0 fully saturated rings. The number of esters is 1. The van der Waals surface area contributed by atoms with Crippen LogP contribution in [0.4, 0.5) is 5.69 Å². The number of thiophene rings is 1. The van der Waals surface area contributed by atoms with Crippen LogP contribution in [-0.2, 0) is 9.53 Å². The molecule has 0 unspecified atom stereocenters. The summed E-state index contributed by atoms with van der Waals surface area (Å²) in [4.78, 5) is 25.0. The molecule has 1 heterocycles. The van der Waals surface area contributed by atoms with E-state index < -0.39 is 11.9 Å². The second-order valence-corrected chi connectivity index (χ2v) is 7.03. The van der Waals surface area contributed by atoms with Crippen molar-refractivity contribution in [3.63, 3.8) is 0 Å². The van der Waals surface area contributed by atoms with Gasteiger partial charge in [-0.2, -0.15) is 0 Å². The Hall–Kier alpha value is -3.12. The molecule has 0 saturated heterocycles.